The highest BCUT2D eigenvalue weighted by Crippen LogP contribution is 2.28. The smallest absolute Gasteiger partial charge is 0.270 e. The van der Waals surface area contributed by atoms with Crippen molar-refractivity contribution in [2.45, 2.75) is 33.6 Å². The van der Waals surface area contributed by atoms with Gasteiger partial charge in [0.25, 0.3) is 5.91 Å². The van der Waals surface area contributed by atoms with Crippen molar-refractivity contribution in [3.05, 3.63) is 22.5 Å². The summed E-state index contributed by atoms with van der Waals surface area (Å²) in [5.41, 5.74) is 2.84. The number of ketones is 1. The number of Topliss-reactive ketones (excluding diaryl/α,β-unsaturated/α-hetero) is 1. The second-order valence-corrected chi connectivity index (χ2v) is 6.73. The van der Waals surface area contributed by atoms with Gasteiger partial charge in [0.15, 0.2) is 5.78 Å². The Hall–Kier alpha value is -1.33. The van der Waals surface area contributed by atoms with E-state index in [1.54, 1.807) is 6.92 Å². The summed E-state index contributed by atoms with van der Waals surface area (Å²) in [5, 5.41) is 3.45. The zero-order chi connectivity index (χ0) is 15.9. The largest absolute Gasteiger partial charge is 0.354 e. The van der Waals surface area contributed by atoms with Crippen LogP contribution in [-0.4, -0.2) is 47.8 Å². The number of carbonyl (C=O) groups is 2. The lowest BCUT2D eigenvalue weighted by molar-refractivity contribution is 0.0752. The van der Waals surface area contributed by atoms with Crippen molar-refractivity contribution < 1.29 is 9.59 Å². The first kappa shape index (κ1) is 18.0. The van der Waals surface area contributed by atoms with Crippen LogP contribution in [0.2, 0.25) is 0 Å². The minimum absolute atomic E-state index is 0. The molecule has 1 aromatic rings. The number of halogens is 1. The van der Waals surface area contributed by atoms with E-state index >= 15 is 0 Å². The molecule has 1 amide bonds. The molecule has 0 aromatic carbocycles. The fourth-order valence-corrected chi connectivity index (χ4v) is 4.07. The maximum Gasteiger partial charge on any atom is 0.270 e. The molecule has 2 atom stereocenters. The lowest BCUT2D eigenvalue weighted by atomic mass is 9.92. The molecule has 6 heteroatoms. The molecule has 0 spiro atoms. The second kappa shape index (κ2) is 7.05. The van der Waals surface area contributed by atoms with Crippen molar-refractivity contribution in [2.75, 3.05) is 26.2 Å². The number of aromatic amines is 1. The molecule has 1 aromatic heterocycles. The molecule has 2 aliphatic heterocycles. The summed E-state index contributed by atoms with van der Waals surface area (Å²) in [4.78, 5) is 29.7. The van der Waals surface area contributed by atoms with Crippen LogP contribution in [-0.2, 0) is 0 Å². The van der Waals surface area contributed by atoms with Crippen molar-refractivity contribution in [3.63, 3.8) is 0 Å². The fourth-order valence-electron chi connectivity index (χ4n) is 4.07. The van der Waals surface area contributed by atoms with E-state index in [-0.39, 0.29) is 24.1 Å². The van der Waals surface area contributed by atoms with E-state index in [0.29, 0.717) is 23.1 Å². The average molecular weight is 340 g/mol. The molecule has 0 saturated carbocycles. The summed E-state index contributed by atoms with van der Waals surface area (Å²) in [6, 6.07) is 0. The van der Waals surface area contributed by atoms with Gasteiger partial charge in [-0.25, -0.2) is 0 Å². The minimum atomic E-state index is 0. The first-order valence-corrected chi connectivity index (χ1v) is 8.19. The van der Waals surface area contributed by atoms with Crippen LogP contribution in [0.4, 0.5) is 0 Å². The molecule has 128 valence electrons. The Morgan fingerprint density at radius 3 is 2.13 bits per heavy atom. The van der Waals surface area contributed by atoms with Gasteiger partial charge in [-0.3, -0.25) is 9.59 Å². The monoisotopic (exact) mass is 339 g/mol. The van der Waals surface area contributed by atoms with E-state index in [4.69, 9.17) is 0 Å². The number of fused-ring (bicyclic) bond motifs is 1. The highest BCUT2D eigenvalue weighted by Gasteiger charge is 2.32. The molecule has 3 rings (SSSR count). The number of rotatable bonds is 2. The van der Waals surface area contributed by atoms with Crippen LogP contribution in [0.15, 0.2) is 0 Å². The van der Waals surface area contributed by atoms with Crippen molar-refractivity contribution in [3.8, 4) is 0 Å². The molecule has 5 nitrogen and oxygen atoms in total. The van der Waals surface area contributed by atoms with E-state index in [1.807, 2.05) is 18.7 Å². The van der Waals surface area contributed by atoms with Gasteiger partial charge in [-0.15, -0.1) is 12.4 Å². The van der Waals surface area contributed by atoms with E-state index in [1.165, 1.54) is 0 Å². The number of likely N-dealkylation sites (tertiary alicyclic amines) is 1. The Bertz CT molecular complexity index is 597. The number of carbonyl (C=O) groups excluding carboxylic acids is 2. The molecular weight excluding hydrogens is 314 g/mol. The number of aryl methyl sites for hydroxylation is 1. The number of H-pyrrole nitrogens is 1. The Labute approximate surface area is 143 Å². The minimum Gasteiger partial charge on any atom is -0.354 e. The van der Waals surface area contributed by atoms with Gasteiger partial charge in [0.05, 0.1) is 0 Å². The molecule has 2 N–H and O–H groups in total. The van der Waals surface area contributed by atoms with Gasteiger partial charge in [0, 0.05) is 24.3 Å². The van der Waals surface area contributed by atoms with Gasteiger partial charge in [-0.05, 0) is 64.1 Å². The number of aromatic nitrogens is 1. The molecule has 0 aliphatic carbocycles. The number of hydrogen-bond donors (Lipinski definition) is 2. The lowest BCUT2D eigenvalue weighted by Crippen LogP contribution is -2.33. The summed E-state index contributed by atoms with van der Waals surface area (Å²) >= 11 is 0. The Morgan fingerprint density at radius 2 is 1.65 bits per heavy atom. The normalized spacial score (nSPS) is 23.9. The molecule has 2 saturated heterocycles. The van der Waals surface area contributed by atoms with Gasteiger partial charge in [-0.2, -0.15) is 0 Å². The van der Waals surface area contributed by atoms with Crippen molar-refractivity contribution >= 4 is 24.1 Å². The lowest BCUT2D eigenvalue weighted by Gasteiger charge is -2.20. The van der Waals surface area contributed by atoms with Gasteiger partial charge in [0.1, 0.15) is 5.69 Å². The van der Waals surface area contributed by atoms with E-state index in [0.717, 1.165) is 50.3 Å². The molecule has 0 radical (unpaired) electrons. The fraction of sp³-hybridized carbons (Fsp3) is 0.647. The third kappa shape index (κ3) is 3.31. The topological polar surface area (TPSA) is 65.2 Å². The summed E-state index contributed by atoms with van der Waals surface area (Å²) in [6.45, 7) is 9.08. The summed E-state index contributed by atoms with van der Waals surface area (Å²) < 4.78 is 0. The molecule has 0 bridgehead atoms. The van der Waals surface area contributed by atoms with Gasteiger partial charge in [-0.1, -0.05) is 0 Å². The van der Waals surface area contributed by atoms with E-state index in [2.05, 4.69) is 10.3 Å². The SMILES string of the molecule is CC(=O)c1c(C)[nH]c(C(=O)N2CC[C@@H]3CNC[C@@H]3CC2)c1C.Cl. The van der Waals surface area contributed by atoms with Gasteiger partial charge < -0.3 is 15.2 Å². The second-order valence-electron chi connectivity index (χ2n) is 6.73. The maximum absolute atomic E-state index is 12.8. The number of nitrogens with one attached hydrogen (secondary N) is 2. The zero-order valence-corrected chi connectivity index (χ0v) is 14.9. The van der Waals surface area contributed by atoms with Crippen LogP contribution in [0.3, 0.4) is 0 Å². The number of nitrogens with zero attached hydrogens (tertiary/aromatic N) is 1. The Morgan fingerprint density at radius 1 is 1.09 bits per heavy atom. The number of hydrogen-bond acceptors (Lipinski definition) is 3. The van der Waals surface area contributed by atoms with Gasteiger partial charge >= 0.3 is 0 Å². The zero-order valence-electron chi connectivity index (χ0n) is 14.1. The van der Waals surface area contributed by atoms with Crippen LogP contribution in [0.5, 0.6) is 0 Å². The number of amides is 1. The third-order valence-electron chi connectivity index (χ3n) is 5.31. The van der Waals surface area contributed by atoms with Gasteiger partial charge in [0.2, 0.25) is 0 Å². The summed E-state index contributed by atoms with van der Waals surface area (Å²) in [7, 11) is 0. The Kier molecular flexibility index (Phi) is 5.53. The van der Waals surface area contributed by atoms with Crippen molar-refractivity contribution in [1.82, 2.24) is 15.2 Å². The van der Waals surface area contributed by atoms with E-state index < -0.39 is 0 Å². The molecule has 23 heavy (non-hydrogen) atoms. The molecular formula is C17H26ClN3O2. The maximum atomic E-state index is 12.8. The predicted octanol–water partition coefficient (Wildman–Crippen LogP) is 2.33. The molecule has 0 unspecified atom stereocenters. The first-order chi connectivity index (χ1) is 10.5. The van der Waals surface area contributed by atoms with Crippen LogP contribution >= 0.6 is 12.4 Å². The highest BCUT2D eigenvalue weighted by molar-refractivity contribution is 6.02. The van der Waals surface area contributed by atoms with Crippen LogP contribution in [0.1, 0.15) is 51.9 Å². The van der Waals surface area contributed by atoms with Crippen molar-refractivity contribution in [1.29, 1.82) is 0 Å². The first-order valence-electron chi connectivity index (χ1n) is 8.19. The van der Waals surface area contributed by atoms with Crippen molar-refractivity contribution in [2.24, 2.45) is 11.8 Å². The summed E-state index contributed by atoms with van der Waals surface area (Å²) in [6.07, 6.45) is 2.14. The van der Waals surface area contributed by atoms with Crippen LogP contribution in [0, 0.1) is 25.7 Å². The summed E-state index contributed by atoms with van der Waals surface area (Å²) in [5.74, 6) is 1.47. The predicted molar refractivity (Wildman–Crippen MR) is 92.5 cm³/mol. The molecule has 3 heterocycles. The standard InChI is InChI=1S/C17H25N3O2.ClH/c1-10-15(12(3)21)11(2)19-16(10)17(22)20-6-4-13-8-18-9-14(13)5-7-20;/h13-14,18-19H,4-9H2,1-3H3;1H/t13-,14+;. The quantitative estimate of drug-likeness (QED) is 0.813. The third-order valence-corrected chi connectivity index (χ3v) is 5.31. The van der Waals surface area contributed by atoms with Crippen LogP contribution in [0.25, 0.3) is 0 Å². The average Bonchev–Trinajstić information content (AvgIpc) is 2.97. The molecule has 2 aliphatic rings. The van der Waals surface area contributed by atoms with E-state index in [9.17, 15) is 9.59 Å². The van der Waals surface area contributed by atoms with Crippen LogP contribution < -0.4 is 5.32 Å². The highest BCUT2D eigenvalue weighted by atomic mass is 35.5. The Balaban J connectivity index is 0.00000192. The molecule has 2 fully saturated rings.